The van der Waals surface area contributed by atoms with Crippen molar-refractivity contribution in [2.75, 3.05) is 6.61 Å². The van der Waals surface area contributed by atoms with Gasteiger partial charge in [0.2, 0.25) is 0 Å². The number of hydrogen-bond donors (Lipinski definition) is 2. The van der Waals surface area contributed by atoms with Gasteiger partial charge in [-0.3, -0.25) is 4.90 Å². The van der Waals surface area contributed by atoms with E-state index in [0.717, 1.165) is 19.3 Å². The zero-order valence-electron chi connectivity index (χ0n) is 18.6. The van der Waals surface area contributed by atoms with Gasteiger partial charge in [-0.2, -0.15) is 0 Å². The van der Waals surface area contributed by atoms with E-state index in [-0.39, 0.29) is 24.7 Å². The van der Waals surface area contributed by atoms with E-state index in [2.05, 4.69) is 0 Å². The highest BCUT2D eigenvalue weighted by atomic mass is 16.6. The van der Waals surface area contributed by atoms with Crippen molar-refractivity contribution < 1.29 is 24.5 Å². The fourth-order valence-corrected chi connectivity index (χ4v) is 4.64. The molecule has 2 rings (SSSR count). The molecule has 1 heterocycles. The number of aliphatic hydroxyl groups is 2. The highest BCUT2D eigenvalue weighted by molar-refractivity contribution is 5.70. The van der Waals surface area contributed by atoms with Crippen molar-refractivity contribution in [1.82, 2.24) is 4.90 Å². The van der Waals surface area contributed by atoms with E-state index >= 15 is 0 Å². The Morgan fingerprint density at radius 1 is 1.25 bits per heavy atom. The molecule has 1 amide bonds. The first-order valence-electron chi connectivity index (χ1n) is 10.9. The number of nitrogens with zero attached hydrogens (tertiary/aromatic N) is 1. The van der Waals surface area contributed by atoms with Gasteiger partial charge in [0.05, 0.1) is 12.1 Å². The fraction of sp³-hybridized carbons (Fsp3) is 0.955. The summed E-state index contributed by atoms with van der Waals surface area (Å²) < 4.78 is 11.9. The first kappa shape index (κ1) is 23.4. The third-order valence-corrected chi connectivity index (χ3v) is 5.94. The second-order valence-electron chi connectivity index (χ2n) is 10.3. The summed E-state index contributed by atoms with van der Waals surface area (Å²) in [5.74, 6) is 0.513. The Labute approximate surface area is 170 Å². The zero-order chi connectivity index (χ0) is 21.1. The molecule has 1 aliphatic carbocycles. The van der Waals surface area contributed by atoms with E-state index in [1.54, 1.807) is 4.90 Å². The molecule has 0 aromatic carbocycles. The second kappa shape index (κ2) is 9.31. The van der Waals surface area contributed by atoms with Crippen LogP contribution in [0.25, 0.3) is 0 Å². The molecule has 0 radical (unpaired) electrons. The Kier molecular flexibility index (Phi) is 7.79. The molecule has 2 fully saturated rings. The predicted molar refractivity (Wildman–Crippen MR) is 109 cm³/mol. The van der Waals surface area contributed by atoms with E-state index in [0.29, 0.717) is 12.3 Å². The van der Waals surface area contributed by atoms with Crippen molar-refractivity contribution in [3.63, 3.8) is 0 Å². The second-order valence-corrected chi connectivity index (χ2v) is 10.3. The topological polar surface area (TPSA) is 79.2 Å². The molecule has 0 bridgehead atoms. The number of carbonyl (C=O) groups excluding carboxylic acids is 1. The Bertz CT molecular complexity index is 510. The van der Waals surface area contributed by atoms with Gasteiger partial charge >= 0.3 is 6.09 Å². The Morgan fingerprint density at radius 3 is 2.39 bits per heavy atom. The minimum Gasteiger partial charge on any atom is -0.444 e. The van der Waals surface area contributed by atoms with Crippen molar-refractivity contribution >= 4 is 6.09 Å². The van der Waals surface area contributed by atoms with E-state index < -0.39 is 23.5 Å². The predicted octanol–water partition coefficient (Wildman–Crippen LogP) is 4.08. The highest BCUT2D eigenvalue weighted by Gasteiger charge is 2.53. The highest BCUT2D eigenvalue weighted by Crippen LogP contribution is 2.41. The zero-order valence-corrected chi connectivity index (χ0v) is 18.6. The molecule has 1 aliphatic heterocycles. The molecule has 1 saturated carbocycles. The molecule has 4 atom stereocenters. The number of hydrogen-bond acceptors (Lipinski definition) is 5. The smallest absolute Gasteiger partial charge is 0.412 e. The van der Waals surface area contributed by atoms with Gasteiger partial charge in [-0.05, 0) is 59.3 Å². The maximum atomic E-state index is 13.1. The first-order chi connectivity index (χ1) is 12.9. The van der Waals surface area contributed by atoms with Gasteiger partial charge in [0, 0.05) is 6.61 Å². The summed E-state index contributed by atoms with van der Waals surface area (Å²) in [6.45, 7) is 11.3. The molecule has 0 aromatic rings. The third kappa shape index (κ3) is 6.07. The lowest BCUT2D eigenvalue weighted by molar-refractivity contribution is -0.106. The van der Waals surface area contributed by atoms with E-state index in [9.17, 15) is 15.0 Å². The summed E-state index contributed by atoms with van der Waals surface area (Å²) in [6.07, 6.45) is 5.72. The minimum atomic E-state index is -0.851. The largest absolute Gasteiger partial charge is 0.444 e. The number of amides is 1. The summed E-state index contributed by atoms with van der Waals surface area (Å²) in [4.78, 5) is 14.8. The first-order valence-corrected chi connectivity index (χ1v) is 10.9. The minimum absolute atomic E-state index is 0.0207. The van der Waals surface area contributed by atoms with Gasteiger partial charge in [0.15, 0.2) is 0 Å². The standard InChI is InChI=1S/C22H41NO5/c1-15(14-24)12-18(25)19-17(13-16-10-8-7-9-11-16)23(22(5,6)27-19)20(26)28-21(2,3)4/h15-19,24-25H,7-14H2,1-6H3/t15-,17-,18-,19+/m0/s1. The maximum Gasteiger partial charge on any atom is 0.412 e. The van der Waals surface area contributed by atoms with Crippen molar-refractivity contribution in [1.29, 1.82) is 0 Å². The Morgan fingerprint density at radius 2 is 1.86 bits per heavy atom. The van der Waals surface area contributed by atoms with Crippen LogP contribution in [0.5, 0.6) is 0 Å². The van der Waals surface area contributed by atoms with Crippen molar-refractivity contribution in [3.8, 4) is 0 Å². The van der Waals surface area contributed by atoms with Gasteiger partial charge in [-0.25, -0.2) is 4.79 Å². The molecule has 2 N–H and O–H groups in total. The monoisotopic (exact) mass is 399 g/mol. The lowest BCUT2D eigenvalue weighted by atomic mass is 9.82. The average Bonchev–Trinajstić information content (AvgIpc) is 2.84. The van der Waals surface area contributed by atoms with Gasteiger partial charge < -0.3 is 19.7 Å². The Hall–Kier alpha value is -0.850. The normalized spacial score (nSPS) is 28.2. The fourth-order valence-electron chi connectivity index (χ4n) is 4.64. The average molecular weight is 400 g/mol. The van der Waals surface area contributed by atoms with Crippen LogP contribution in [0.3, 0.4) is 0 Å². The lowest BCUT2D eigenvalue weighted by Crippen LogP contribution is -2.51. The van der Waals surface area contributed by atoms with Crippen molar-refractivity contribution in [3.05, 3.63) is 0 Å². The molecule has 6 nitrogen and oxygen atoms in total. The lowest BCUT2D eigenvalue weighted by Gasteiger charge is -2.37. The molecular weight excluding hydrogens is 358 g/mol. The van der Waals surface area contributed by atoms with Crippen LogP contribution in [0.1, 0.15) is 86.5 Å². The number of ether oxygens (including phenoxy) is 2. The molecular formula is C22H41NO5. The summed E-state index contributed by atoms with van der Waals surface area (Å²) in [7, 11) is 0. The third-order valence-electron chi connectivity index (χ3n) is 5.94. The summed E-state index contributed by atoms with van der Waals surface area (Å²) in [6, 6.07) is -0.228. The number of aliphatic hydroxyl groups excluding tert-OH is 2. The molecule has 1 saturated heterocycles. The van der Waals surface area contributed by atoms with Crippen LogP contribution in [0.2, 0.25) is 0 Å². The Balaban J connectivity index is 2.26. The van der Waals surface area contributed by atoms with Gasteiger partial charge in [0.25, 0.3) is 0 Å². The van der Waals surface area contributed by atoms with E-state index in [1.165, 1.54) is 19.3 Å². The van der Waals surface area contributed by atoms with Crippen LogP contribution in [0.4, 0.5) is 4.79 Å². The molecule has 2 aliphatic rings. The van der Waals surface area contributed by atoms with E-state index in [4.69, 9.17) is 9.47 Å². The van der Waals surface area contributed by atoms with Crippen molar-refractivity contribution in [2.24, 2.45) is 11.8 Å². The summed E-state index contributed by atoms with van der Waals surface area (Å²) in [5.41, 5.74) is -1.44. The van der Waals surface area contributed by atoms with Gasteiger partial charge in [0.1, 0.15) is 17.4 Å². The summed E-state index contributed by atoms with van der Waals surface area (Å²) >= 11 is 0. The van der Waals surface area contributed by atoms with Crippen molar-refractivity contribution in [2.45, 2.75) is 116 Å². The van der Waals surface area contributed by atoms with E-state index in [1.807, 2.05) is 41.5 Å². The van der Waals surface area contributed by atoms with Gasteiger partial charge in [-0.1, -0.05) is 39.0 Å². The van der Waals surface area contributed by atoms with Crippen LogP contribution in [-0.4, -0.2) is 57.4 Å². The molecule has 0 unspecified atom stereocenters. The number of carbonyl (C=O) groups is 1. The quantitative estimate of drug-likeness (QED) is 0.704. The molecule has 0 aromatic heterocycles. The molecule has 0 spiro atoms. The maximum absolute atomic E-state index is 13.1. The van der Waals surface area contributed by atoms with Crippen LogP contribution in [0, 0.1) is 11.8 Å². The van der Waals surface area contributed by atoms with Crippen LogP contribution in [0.15, 0.2) is 0 Å². The summed E-state index contributed by atoms with van der Waals surface area (Å²) in [5, 5.41) is 20.3. The van der Waals surface area contributed by atoms with Gasteiger partial charge in [-0.15, -0.1) is 0 Å². The SMILES string of the molecule is C[C@H](CO)C[C@H](O)[C@@H]1OC(C)(C)N(C(=O)OC(C)(C)C)[C@H]1CC1CCCCC1. The molecule has 6 heteroatoms. The number of rotatable bonds is 6. The molecule has 28 heavy (non-hydrogen) atoms. The van der Waals surface area contributed by atoms with Crippen LogP contribution >= 0.6 is 0 Å². The van der Waals surface area contributed by atoms with Crippen LogP contribution < -0.4 is 0 Å². The van der Waals surface area contributed by atoms with Crippen LogP contribution in [-0.2, 0) is 9.47 Å². The molecule has 164 valence electrons.